The molecule has 1 N–H and O–H groups in total. The molecule has 9 heteroatoms. The van der Waals surface area contributed by atoms with Crippen molar-refractivity contribution in [2.24, 2.45) is 0 Å². The zero-order valence-electron chi connectivity index (χ0n) is 13.5. The van der Waals surface area contributed by atoms with Crippen molar-refractivity contribution in [2.75, 3.05) is 11.6 Å². The van der Waals surface area contributed by atoms with E-state index in [9.17, 15) is 17.6 Å². The number of carbonyl (C=O) groups is 1. The third-order valence-electron chi connectivity index (χ3n) is 3.53. The number of sulfone groups is 1. The van der Waals surface area contributed by atoms with E-state index in [0.717, 1.165) is 24.5 Å². The number of halogens is 2. The largest absolute Gasteiger partial charge is 0.319 e. The van der Waals surface area contributed by atoms with Crippen LogP contribution in [0.5, 0.6) is 0 Å². The predicted octanol–water partition coefficient (Wildman–Crippen LogP) is 3.32. The first-order chi connectivity index (χ1) is 12.2. The summed E-state index contributed by atoms with van der Waals surface area (Å²) in [5.41, 5.74) is 0.601. The van der Waals surface area contributed by atoms with Gasteiger partial charge >= 0.3 is 0 Å². The Kier molecular flexibility index (Phi) is 4.80. The first-order valence-corrected chi connectivity index (χ1v) is 9.62. The van der Waals surface area contributed by atoms with Crippen molar-refractivity contribution < 1.29 is 17.6 Å². The van der Waals surface area contributed by atoms with Gasteiger partial charge in [0.25, 0.3) is 5.91 Å². The van der Waals surface area contributed by atoms with Crippen molar-refractivity contribution in [3.8, 4) is 5.69 Å². The van der Waals surface area contributed by atoms with Gasteiger partial charge in [-0.15, -0.1) is 0 Å². The Hall–Kier alpha value is -2.71. The zero-order chi connectivity index (χ0) is 18.9. The van der Waals surface area contributed by atoms with Crippen LogP contribution in [0.2, 0.25) is 5.02 Å². The molecule has 2 aromatic carbocycles. The lowest BCUT2D eigenvalue weighted by Crippen LogP contribution is -2.13. The van der Waals surface area contributed by atoms with Gasteiger partial charge in [-0.3, -0.25) is 4.79 Å². The Morgan fingerprint density at radius 1 is 1.23 bits per heavy atom. The summed E-state index contributed by atoms with van der Waals surface area (Å²) < 4.78 is 38.5. The fraction of sp³-hybridized carbons (Fsp3) is 0.0588. The average Bonchev–Trinajstić information content (AvgIpc) is 3.06. The highest BCUT2D eigenvalue weighted by Gasteiger charge is 2.15. The number of benzene rings is 2. The number of rotatable bonds is 4. The van der Waals surface area contributed by atoms with Gasteiger partial charge in [0, 0.05) is 17.5 Å². The first-order valence-electron chi connectivity index (χ1n) is 7.35. The molecule has 1 aromatic heterocycles. The van der Waals surface area contributed by atoms with Gasteiger partial charge in [-0.25, -0.2) is 17.5 Å². The van der Waals surface area contributed by atoms with E-state index >= 15 is 0 Å². The minimum absolute atomic E-state index is 0.0937. The van der Waals surface area contributed by atoms with E-state index in [2.05, 4.69) is 10.4 Å². The van der Waals surface area contributed by atoms with E-state index in [1.165, 1.54) is 17.1 Å². The van der Waals surface area contributed by atoms with Crippen LogP contribution in [0, 0.1) is 5.82 Å². The lowest BCUT2D eigenvalue weighted by Gasteiger charge is -2.07. The second-order valence-electron chi connectivity index (χ2n) is 5.52. The standard InChI is InChI=1S/C17H13ClFN3O3S/c1-26(24,25)14-5-6-15(19)16(8-14)21-17(23)11-9-20-22(10-11)13-4-2-3-12(18)7-13/h2-10H,1H3,(H,21,23). The second-order valence-corrected chi connectivity index (χ2v) is 7.97. The molecule has 0 bridgehead atoms. The van der Waals surface area contributed by atoms with Gasteiger partial charge in [-0.1, -0.05) is 17.7 Å². The molecule has 3 rings (SSSR count). The Morgan fingerprint density at radius 3 is 2.69 bits per heavy atom. The van der Waals surface area contributed by atoms with Crippen LogP contribution in [0.1, 0.15) is 10.4 Å². The third kappa shape index (κ3) is 3.92. The summed E-state index contributed by atoms with van der Waals surface area (Å²) in [6.07, 6.45) is 3.77. The Bertz CT molecular complexity index is 1100. The number of hydrogen-bond acceptors (Lipinski definition) is 4. The van der Waals surface area contributed by atoms with E-state index in [4.69, 9.17) is 11.6 Å². The van der Waals surface area contributed by atoms with E-state index in [-0.39, 0.29) is 16.1 Å². The van der Waals surface area contributed by atoms with Crippen molar-refractivity contribution in [3.05, 3.63) is 71.3 Å². The number of aromatic nitrogens is 2. The van der Waals surface area contributed by atoms with Crippen molar-refractivity contribution in [3.63, 3.8) is 0 Å². The number of nitrogens with one attached hydrogen (secondary N) is 1. The smallest absolute Gasteiger partial charge is 0.258 e. The molecule has 0 unspecified atom stereocenters. The summed E-state index contributed by atoms with van der Waals surface area (Å²) in [5.74, 6) is -1.36. The fourth-order valence-electron chi connectivity index (χ4n) is 2.23. The molecule has 0 atom stereocenters. The first kappa shape index (κ1) is 18.1. The van der Waals surface area contributed by atoms with Crippen molar-refractivity contribution in [2.45, 2.75) is 4.90 Å². The highest BCUT2D eigenvalue weighted by molar-refractivity contribution is 7.90. The van der Waals surface area contributed by atoms with Gasteiger partial charge in [0.1, 0.15) is 5.82 Å². The summed E-state index contributed by atoms with van der Waals surface area (Å²) in [6, 6.07) is 10.1. The van der Waals surface area contributed by atoms with E-state index in [1.54, 1.807) is 24.3 Å². The Morgan fingerprint density at radius 2 is 2.00 bits per heavy atom. The van der Waals surface area contributed by atoms with Gasteiger partial charge in [0.05, 0.1) is 28.0 Å². The highest BCUT2D eigenvalue weighted by Crippen LogP contribution is 2.21. The molecule has 0 aliphatic rings. The van der Waals surface area contributed by atoms with Crippen LogP contribution in [0.15, 0.2) is 59.8 Å². The van der Waals surface area contributed by atoms with Crippen molar-refractivity contribution >= 4 is 33.0 Å². The van der Waals surface area contributed by atoms with Crippen LogP contribution in [-0.2, 0) is 9.84 Å². The monoisotopic (exact) mass is 393 g/mol. The molecule has 0 spiro atoms. The topological polar surface area (TPSA) is 81.1 Å². The molecular formula is C17H13ClFN3O3S. The average molecular weight is 394 g/mol. The molecule has 26 heavy (non-hydrogen) atoms. The normalized spacial score (nSPS) is 11.3. The molecule has 0 aliphatic carbocycles. The Labute approximate surface area is 154 Å². The molecule has 0 aliphatic heterocycles. The maximum absolute atomic E-state index is 13.9. The van der Waals surface area contributed by atoms with E-state index < -0.39 is 21.6 Å². The van der Waals surface area contributed by atoms with Crippen LogP contribution in [0.4, 0.5) is 10.1 Å². The van der Waals surface area contributed by atoms with Crippen LogP contribution in [-0.4, -0.2) is 30.4 Å². The van der Waals surface area contributed by atoms with Crippen LogP contribution >= 0.6 is 11.6 Å². The lowest BCUT2D eigenvalue weighted by molar-refractivity contribution is 0.102. The summed E-state index contributed by atoms with van der Waals surface area (Å²) in [7, 11) is -3.53. The number of hydrogen-bond donors (Lipinski definition) is 1. The summed E-state index contributed by atoms with van der Waals surface area (Å²) in [4.78, 5) is 12.2. The SMILES string of the molecule is CS(=O)(=O)c1ccc(F)c(NC(=O)c2cnn(-c3cccc(Cl)c3)c2)c1. The van der Waals surface area contributed by atoms with Gasteiger partial charge in [-0.2, -0.15) is 5.10 Å². The minimum Gasteiger partial charge on any atom is -0.319 e. The quantitative estimate of drug-likeness (QED) is 0.689. The lowest BCUT2D eigenvalue weighted by atomic mass is 10.2. The molecule has 0 saturated heterocycles. The van der Waals surface area contributed by atoms with E-state index in [1.807, 2.05) is 0 Å². The fourth-order valence-corrected chi connectivity index (χ4v) is 3.06. The third-order valence-corrected chi connectivity index (χ3v) is 4.88. The minimum atomic E-state index is -3.53. The number of amides is 1. The van der Waals surface area contributed by atoms with Gasteiger partial charge < -0.3 is 5.32 Å². The van der Waals surface area contributed by atoms with Gasteiger partial charge in [-0.05, 0) is 36.4 Å². The number of anilines is 1. The molecule has 3 aromatic rings. The molecule has 6 nitrogen and oxygen atoms in total. The maximum atomic E-state index is 13.9. The van der Waals surface area contributed by atoms with E-state index in [0.29, 0.717) is 10.7 Å². The highest BCUT2D eigenvalue weighted by atomic mass is 35.5. The molecule has 1 heterocycles. The summed E-state index contributed by atoms with van der Waals surface area (Å²) in [5, 5.41) is 6.95. The van der Waals surface area contributed by atoms with Crippen molar-refractivity contribution in [1.82, 2.24) is 9.78 Å². The number of carbonyl (C=O) groups excluding carboxylic acids is 1. The molecule has 0 fully saturated rings. The second kappa shape index (κ2) is 6.89. The molecular weight excluding hydrogens is 381 g/mol. The summed E-state index contributed by atoms with van der Waals surface area (Å²) in [6.45, 7) is 0. The maximum Gasteiger partial charge on any atom is 0.258 e. The van der Waals surface area contributed by atoms with Crippen LogP contribution < -0.4 is 5.32 Å². The molecule has 134 valence electrons. The Balaban J connectivity index is 1.86. The van der Waals surface area contributed by atoms with Gasteiger partial charge in [0.2, 0.25) is 0 Å². The van der Waals surface area contributed by atoms with Gasteiger partial charge in [0.15, 0.2) is 9.84 Å². The van der Waals surface area contributed by atoms with Crippen LogP contribution in [0.25, 0.3) is 5.69 Å². The molecule has 1 amide bonds. The molecule has 0 radical (unpaired) electrons. The predicted molar refractivity (Wildman–Crippen MR) is 96.0 cm³/mol. The number of nitrogens with zero attached hydrogens (tertiary/aromatic N) is 2. The van der Waals surface area contributed by atoms with Crippen molar-refractivity contribution in [1.29, 1.82) is 0 Å². The zero-order valence-corrected chi connectivity index (χ0v) is 15.1. The summed E-state index contributed by atoms with van der Waals surface area (Å²) >= 11 is 5.93. The molecule has 0 saturated carbocycles. The van der Waals surface area contributed by atoms with Crippen LogP contribution in [0.3, 0.4) is 0 Å².